The van der Waals surface area contributed by atoms with Crippen molar-refractivity contribution in [3.8, 4) is 0 Å². The van der Waals surface area contributed by atoms with Crippen molar-refractivity contribution >= 4 is 50.5 Å². The number of hydrogen-bond donors (Lipinski definition) is 1. The Hall–Kier alpha value is -1.86. The van der Waals surface area contributed by atoms with Gasteiger partial charge in [-0.3, -0.25) is 9.59 Å². The molecule has 0 fully saturated rings. The largest absolute Gasteiger partial charge is 0.369 e. The highest BCUT2D eigenvalue weighted by Gasteiger charge is 2.17. The summed E-state index contributed by atoms with van der Waals surface area (Å²) in [6.45, 7) is 7.35. The smallest absolute Gasteiger partial charge is 0.264 e. The van der Waals surface area contributed by atoms with Crippen LogP contribution in [0.25, 0.3) is 0 Å². The Morgan fingerprint density at radius 1 is 1.15 bits per heavy atom. The molecule has 0 unspecified atom stereocenters. The summed E-state index contributed by atoms with van der Waals surface area (Å²) in [5, 5.41) is 2.84. The first kappa shape index (κ1) is 20.5. The fourth-order valence-corrected chi connectivity index (χ4v) is 4.07. The second-order valence-corrected chi connectivity index (χ2v) is 8.70. The van der Waals surface area contributed by atoms with E-state index in [0.717, 1.165) is 21.7 Å². The van der Waals surface area contributed by atoms with Crippen LogP contribution in [0.15, 0.2) is 40.2 Å². The van der Waals surface area contributed by atoms with Gasteiger partial charge in [-0.05, 0) is 73.1 Å². The number of rotatable bonds is 7. The van der Waals surface area contributed by atoms with Gasteiger partial charge in [0.2, 0.25) is 5.91 Å². The Balaban J connectivity index is 1.94. The summed E-state index contributed by atoms with van der Waals surface area (Å²) in [4.78, 5) is 28.8. The number of halogens is 1. The number of carbonyl (C=O) groups excluding carboxylic acids is 2. The molecule has 7 heteroatoms. The Labute approximate surface area is 167 Å². The maximum atomic E-state index is 12.3. The van der Waals surface area contributed by atoms with Gasteiger partial charge in [0.1, 0.15) is 0 Å². The van der Waals surface area contributed by atoms with E-state index in [0.29, 0.717) is 10.9 Å². The molecule has 0 radical (unpaired) electrons. The number of thiophene rings is 1. The van der Waals surface area contributed by atoms with E-state index in [9.17, 15) is 9.59 Å². The zero-order valence-corrected chi connectivity index (χ0v) is 17.9. The highest BCUT2D eigenvalue weighted by atomic mass is 79.9. The normalized spacial score (nSPS) is 10.7. The van der Waals surface area contributed by atoms with Crippen LogP contribution in [0.2, 0.25) is 0 Å². The average Bonchev–Trinajstić information content (AvgIpc) is 3.02. The Bertz CT molecular complexity index is 758. The van der Waals surface area contributed by atoms with Crippen molar-refractivity contribution < 1.29 is 9.59 Å². The number of benzene rings is 1. The first-order valence-electron chi connectivity index (χ1n) is 8.49. The second kappa shape index (κ2) is 9.19. The molecule has 0 bridgehead atoms. The van der Waals surface area contributed by atoms with Crippen LogP contribution < -0.4 is 10.2 Å². The van der Waals surface area contributed by atoms with Gasteiger partial charge >= 0.3 is 0 Å². The first-order chi connectivity index (χ1) is 12.3. The molecule has 140 valence electrons. The molecule has 0 spiro atoms. The van der Waals surface area contributed by atoms with Gasteiger partial charge in [0.15, 0.2) is 0 Å². The molecule has 0 aliphatic rings. The van der Waals surface area contributed by atoms with Gasteiger partial charge in [0.05, 0.1) is 15.2 Å². The molecule has 2 aromatic rings. The minimum Gasteiger partial charge on any atom is -0.369 e. The van der Waals surface area contributed by atoms with Crippen molar-refractivity contribution in [1.82, 2.24) is 4.90 Å². The van der Waals surface area contributed by atoms with Crippen molar-refractivity contribution in [3.05, 3.63) is 45.1 Å². The van der Waals surface area contributed by atoms with Gasteiger partial charge in [-0.1, -0.05) is 0 Å². The van der Waals surface area contributed by atoms with Crippen LogP contribution in [0.1, 0.15) is 30.4 Å². The number of nitrogens with one attached hydrogen (secondary N) is 1. The second-order valence-electron chi connectivity index (χ2n) is 6.24. The lowest BCUT2D eigenvalue weighted by Crippen LogP contribution is -2.34. The van der Waals surface area contributed by atoms with Crippen LogP contribution in [-0.4, -0.2) is 42.9 Å². The van der Waals surface area contributed by atoms with Crippen LogP contribution in [0, 0.1) is 0 Å². The Morgan fingerprint density at radius 3 is 2.31 bits per heavy atom. The predicted octanol–water partition coefficient (Wildman–Crippen LogP) is 4.46. The first-order valence-corrected chi connectivity index (χ1v) is 10.1. The molecule has 1 aromatic carbocycles. The molecule has 1 N–H and O–H groups in total. The molecule has 5 nitrogen and oxygen atoms in total. The molecule has 0 aliphatic heterocycles. The standard InChI is InChI=1S/C19H24BrN3O2S/c1-5-23(13(2)3)15-8-6-14(7-9-15)21-18(24)12-22(4)19(25)16-10-11-17(20)26-16/h6-11,13H,5,12H2,1-4H3,(H,21,24). The fraction of sp³-hybridized carbons (Fsp3) is 0.368. The highest BCUT2D eigenvalue weighted by molar-refractivity contribution is 9.11. The maximum Gasteiger partial charge on any atom is 0.264 e. The van der Waals surface area contributed by atoms with E-state index in [-0.39, 0.29) is 18.4 Å². The summed E-state index contributed by atoms with van der Waals surface area (Å²) < 4.78 is 0.890. The third-order valence-electron chi connectivity index (χ3n) is 3.96. The molecule has 0 atom stereocenters. The van der Waals surface area contributed by atoms with Crippen molar-refractivity contribution in [1.29, 1.82) is 0 Å². The van der Waals surface area contributed by atoms with Gasteiger partial charge in [-0.15, -0.1) is 11.3 Å². The summed E-state index contributed by atoms with van der Waals surface area (Å²) in [6, 6.07) is 11.8. The lowest BCUT2D eigenvalue weighted by Gasteiger charge is -2.27. The third kappa shape index (κ3) is 5.32. The van der Waals surface area contributed by atoms with Gasteiger partial charge < -0.3 is 15.1 Å². The maximum absolute atomic E-state index is 12.3. The quantitative estimate of drug-likeness (QED) is 0.695. The Kier molecular flexibility index (Phi) is 7.23. The van der Waals surface area contributed by atoms with E-state index in [1.807, 2.05) is 30.3 Å². The van der Waals surface area contributed by atoms with E-state index in [2.05, 4.69) is 46.9 Å². The summed E-state index contributed by atoms with van der Waals surface area (Å²) >= 11 is 4.69. The van der Waals surface area contributed by atoms with E-state index in [1.165, 1.54) is 16.2 Å². The summed E-state index contributed by atoms with van der Waals surface area (Å²) in [5.74, 6) is -0.387. The molecule has 0 saturated carbocycles. The Morgan fingerprint density at radius 2 is 1.81 bits per heavy atom. The van der Waals surface area contributed by atoms with E-state index in [4.69, 9.17) is 0 Å². The molecular formula is C19H24BrN3O2S. The molecule has 1 aromatic heterocycles. The topological polar surface area (TPSA) is 52.7 Å². The monoisotopic (exact) mass is 437 g/mol. The SMILES string of the molecule is CCN(c1ccc(NC(=O)CN(C)C(=O)c2ccc(Br)s2)cc1)C(C)C. The molecule has 2 amide bonds. The zero-order valence-electron chi connectivity index (χ0n) is 15.5. The van der Waals surface area contributed by atoms with Gasteiger partial charge in [0, 0.05) is 31.0 Å². The lowest BCUT2D eigenvalue weighted by molar-refractivity contribution is -0.116. The van der Waals surface area contributed by atoms with Crippen molar-refractivity contribution in [3.63, 3.8) is 0 Å². The van der Waals surface area contributed by atoms with Crippen LogP contribution in [0.5, 0.6) is 0 Å². The van der Waals surface area contributed by atoms with Gasteiger partial charge in [-0.2, -0.15) is 0 Å². The molecule has 2 rings (SSSR count). The number of hydrogen-bond acceptors (Lipinski definition) is 4. The molecule has 26 heavy (non-hydrogen) atoms. The number of anilines is 2. The van der Waals surface area contributed by atoms with Crippen molar-refractivity contribution in [2.45, 2.75) is 26.8 Å². The van der Waals surface area contributed by atoms with Crippen molar-refractivity contribution in [2.24, 2.45) is 0 Å². The lowest BCUT2D eigenvalue weighted by atomic mass is 10.2. The van der Waals surface area contributed by atoms with E-state index in [1.54, 1.807) is 13.1 Å². The number of nitrogens with zero attached hydrogens (tertiary/aromatic N) is 2. The van der Waals surface area contributed by atoms with Crippen LogP contribution in [0.4, 0.5) is 11.4 Å². The number of likely N-dealkylation sites (N-methyl/N-ethyl adjacent to an activating group) is 1. The third-order valence-corrected chi connectivity index (χ3v) is 5.57. The van der Waals surface area contributed by atoms with E-state index >= 15 is 0 Å². The number of carbonyl (C=O) groups is 2. The molecular weight excluding hydrogens is 414 g/mol. The van der Waals surface area contributed by atoms with Crippen LogP contribution in [0.3, 0.4) is 0 Å². The minimum atomic E-state index is -0.222. The van der Waals surface area contributed by atoms with Crippen molar-refractivity contribution in [2.75, 3.05) is 30.4 Å². The zero-order chi connectivity index (χ0) is 19.3. The fourth-order valence-electron chi connectivity index (χ4n) is 2.69. The summed E-state index contributed by atoms with van der Waals surface area (Å²) in [6.07, 6.45) is 0. The van der Waals surface area contributed by atoms with Crippen LogP contribution >= 0.6 is 27.3 Å². The van der Waals surface area contributed by atoms with Crippen LogP contribution in [-0.2, 0) is 4.79 Å². The summed E-state index contributed by atoms with van der Waals surface area (Å²) in [7, 11) is 1.63. The minimum absolute atomic E-state index is 0.00316. The average molecular weight is 438 g/mol. The van der Waals surface area contributed by atoms with E-state index < -0.39 is 0 Å². The molecule has 0 aliphatic carbocycles. The summed E-state index contributed by atoms with van der Waals surface area (Å²) in [5.41, 5.74) is 1.84. The van der Waals surface area contributed by atoms with Gasteiger partial charge in [0.25, 0.3) is 5.91 Å². The molecule has 0 saturated heterocycles. The van der Waals surface area contributed by atoms with Gasteiger partial charge in [-0.25, -0.2) is 0 Å². The number of amides is 2. The predicted molar refractivity (Wildman–Crippen MR) is 112 cm³/mol. The molecule has 1 heterocycles. The highest BCUT2D eigenvalue weighted by Crippen LogP contribution is 2.23.